The maximum Gasteiger partial charge on any atom is 0.274 e. The van der Waals surface area contributed by atoms with Crippen molar-refractivity contribution in [1.82, 2.24) is 24.7 Å². The second-order valence-corrected chi connectivity index (χ2v) is 8.90. The van der Waals surface area contributed by atoms with Gasteiger partial charge in [0.2, 0.25) is 12.7 Å². The van der Waals surface area contributed by atoms with E-state index in [1.165, 1.54) is 18.6 Å². The second kappa shape index (κ2) is 11.2. The molecule has 0 saturated carbocycles. The third kappa shape index (κ3) is 5.80. The molecule has 0 N–H and O–H groups in total. The summed E-state index contributed by atoms with van der Waals surface area (Å²) in [6, 6.07) is 15.8. The molecule has 0 atom stereocenters. The molecule has 2 aliphatic heterocycles. The molecule has 0 radical (unpaired) electrons. The van der Waals surface area contributed by atoms with Gasteiger partial charge in [0.25, 0.3) is 5.91 Å². The van der Waals surface area contributed by atoms with Crippen molar-refractivity contribution in [3.63, 3.8) is 0 Å². The molecule has 2 amide bonds. The Morgan fingerprint density at radius 1 is 0.917 bits per heavy atom. The SMILES string of the molecule is O=C(CCN(Cc1ccccc1)C(=O)c1cnccn1)N1CCN(Cc2ccc3c(c2)OCO3)CC1. The standard InChI is InChI=1S/C27H29N5O4/c33-26(31-14-12-30(13-15-31)18-22-6-7-24-25(16-22)36-20-35-24)8-11-32(19-21-4-2-1-3-5-21)27(34)23-17-28-9-10-29-23/h1-7,9-10,16-17H,8,11-15,18-20H2. The lowest BCUT2D eigenvalue weighted by molar-refractivity contribution is -0.133. The molecule has 3 heterocycles. The molecule has 0 unspecified atom stereocenters. The predicted octanol–water partition coefficient (Wildman–Crippen LogP) is 2.58. The summed E-state index contributed by atoms with van der Waals surface area (Å²) >= 11 is 0. The first-order valence-corrected chi connectivity index (χ1v) is 12.1. The minimum atomic E-state index is -0.228. The minimum Gasteiger partial charge on any atom is -0.454 e. The molecule has 1 saturated heterocycles. The van der Waals surface area contributed by atoms with Crippen LogP contribution in [0.1, 0.15) is 28.0 Å². The number of hydrogen-bond donors (Lipinski definition) is 0. The molecule has 5 rings (SSSR count). The van der Waals surface area contributed by atoms with E-state index < -0.39 is 0 Å². The second-order valence-electron chi connectivity index (χ2n) is 8.90. The van der Waals surface area contributed by atoms with Gasteiger partial charge < -0.3 is 19.3 Å². The van der Waals surface area contributed by atoms with Gasteiger partial charge in [-0.1, -0.05) is 36.4 Å². The lowest BCUT2D eigenvalue weighted by atomic mass is 10.1. The van der Waals surface area contributed by atoms with Gasteiger partial charge >= 0.3 is 0 Å². The summed E-state index contributed by atoms with van der Waals surface area (Å²) in [5.74, 6) is 1.40. The maximum atomic E-state index is 13.1. The van der Waals surface area contributed by atoms with Crippen LogP contribution in [-0.2, 0) is 17.9 Å². The number of rotatable bonds is 8. The van der Waals surface area contributed by atoms with Crippen LogP contribution >= 0.6 is 0 Å². The highest BCUT2D eigenvalue weighted by Gasteiger charge is 2.24. The Bertz CT molecular complexity index is 1180. The number of piperazine rings is 1. The topological polar surface area (TPSA) is 88.1 Å². The van der Waals surface area contributed by atoms with Crippen LogP contribution in [0.5, 0.6) is 11.5 Å². The monoisotopic (exact) mass is 487 g/mol. The number of benzene rings is 2. The van der Waals surface area contributed by atoms with E-state index >= 15 is 0 Å². The molecule has 3 aromatic rings. The van der Waals surface area contributed by atoms with Crippen molar-refractivity contribution in [1.29, 1.82) is 0 Å². The predicted molar refractivity (Wildman–Crippen MR) is 132 cm³/mol. The summed E-state index contributed by atoms with van der Waals surface area (Å²) in [5.41, 5.74) is 2.44. The van der Waals surface area contributed by atoms with Crippen LogP contribution in [0.25, 0.3) is 0 Å². The van der Waals surface area contributed by atoms with Gasteiger partial charge in [-0.25, -0.2) is 4.98 Å². The highest BCUT2D eigenvalue weighted by atomic mass is 16.7. The summed E-state index contributed by atoms with van der Waals surface area (Å²) in [6.07, 6.45) is 4.76. The Balaban J connectivity index is 1.14. The van der Waals surface area contributed by atoms with Crippen LogP contribution in [0.4, 0.5) is 0 Å². The fourth-order valence-corrected chi connectivity index (χ4v) is 4.47. The number of fused-ring (bicyclic) bond motifs is 1. The van der Waals surface area contributed by atoms with E-state index in [1.54, 1.807) is 4.90 Å². The normalized spacial score (nSPS) is 15.1. The largest absolute Gasteiger partial charge is 0.454 e. The Morgan fingerprint density at radius 3 is 2.50 bits per heavy atom. The Hall–Kier alpha value is -3.98. The summed E-state index contributed by atoms with van der Waals surface area (Å²) in [4.78, 5) is 40.2. The third-order valence-electron chi connectivity index (χ3n) is 6.45. The molecule has 1 fully saturated rings. The molecule has 0 aliphatic carbocycles. The van der Waals surface area contributed by atoms with Crippen LogP contribution < -0.4 is 9.47 Å². The van der Waals surface area contributed by atoms with E-state index in [9.17, 15) is 9.59 Å². The molecule has 9 nitrogen and oxygen atoms in total. The van der Waals surface area contributed by atoms with E-state index in [1.807, 2.05) is 47.4 Å². The summed E-state index contributed by atoms with van der Waals surface area (Å²) in [7, 11) is 0. The van der Waals surface area contributed by atoms with Crippen molar-refractivity contribution in [2.75, 3.05) is 39.5 Å². The number of amides is 2. The molecule has 36 heavy (non-hydrogen) atoms. The van der Waals surface area contributed by atoms with Crippen molar-refractivity contribution < 1.29 is 19.1 Å². The first kappa shape index (κ1) is 23.7. The zero-order valence-electron chi connectivity index (χ0n) is 20.1. The van der Waals surface area contributed by atoms with E-state index in [0.717, 1.165) is 42.3 Å². The first-order chi connectivity index (χ1) is 17.7. The number of nitrogens with zero attached hydrogens (tertiary/aromatic N) is 5. The molecule has 2 aromatic carbocycles. The van der Waals surface area contributed by atoms with Gasteiger partial charge in [0.05, 0.1) is 6.20 Å². The van der Waals surface area contributed by atoms with Crippen LogP contribution in [0, 0.1) is 0 Å². The van der Waals surface area contributed by atoms with E-state index in [-0.39, 0.29) is 30.7 Å². The van der Waals surface area contributed by atoms with Gasteiger partial charge in [-0.3, -0.25) is 19.5 Å². The third-order valence-corrected chi connectivity index (χ3v) is 6.45. The van der Waals surface area contributed by atoms with Gasteiger partial charge in [0, 0.05) is 64.6 Å². The van der Waals surface area contributed by atoms with Crippen molar-refractivity contribution in [2.24, 2.45) is 0 Å². The zero-order valence-corrected chi connectivity index (χ0v) is 20.1. The first-order valence-electron chi connectivity index (χ1n) is 12.1. The van der Waals surface area contributed by atoms with Gasteiger partial charge in [-0.2, -0.15) is 0 Å². The Morgan fingerprint density at radius 2 is 1.72 bits per heavy atom. The molecule has 0 bridgehead atoms. The number of carbonyl (C=O) groups is 2. The maximum absolute atomic E-state index is 13.1. The van der Waals surface area contributed by atoms with Crippen molar-refractivity contribution in [3.8, 4) is 11.5 Å². The van der Waals surface area contributed by atoms with Gasteiger partial charge in [-0.15, -0.1) is 0 Å². The number of hydrogen-bond acceptors (Lipinski definition) is 7. The molecule has 2 aliphatic rings. The Labute approximate surface area is 210 Å². The highest BCUT2D eigenvalue weighted by molar-refractivity contribution is 5.92. The molecule has 186 valence electrons. The zero-order chi connectivity index (χ0) is 24.7. The van der Waals surface area contributed by atoms with E-state index in [0.29, 0.717) is 26.2 Å². The lowest BCUT2D eigenvalue weighted by Gasteiger charge is -2.35. The summed E-state index contributed by atoms with van der Waals surface area (Å²) < 4.78 is 10.9. The van der Waals surface area contributed by atoms with Gasteiger partial charge in [0.1, 0.15) is 5.69 Å². The van der Waals surface area contributed by atoms with Gasteiger partial charge in [0.15, 0.2) is 11.5 Å². The molecule has 9 heteroatoms. The van der Waals surface area contributed by atoms with Crippen LogP contribution in [-0.4, -0.2) is 76.0 Å². The fraction of sp³-hybridized carbons (Fsp3) is 0.333. The van der Waals surface area contributed by atoms with E-state index in [2.05, 4.69) is 20.9 Å². The van der Waals surface area contributed by atoms with Crippen LogP contribution in [0.2, 0.25) is 0 Å². The number of aromatic nitrogens is 2. The quantitative estimate of drug-likeness (QED) is 0.483. The highest BCUT2D eigenvalue weighted by Crippen LogP contribution is 2.32. The van der Waals surface area contributed by atoms with Crippen molar-refractivity contribution in [2.45, 2.75) is 19.5 Å². The van der Waals surface area contributed by atoms with Gasteiger partial charge in [-0.05, 0) is 23.3 Å². The molecular weight excluding hydrogens is 458 g/mol. The van der Waals surface area contributed by atoms with E-state index in [4.69, 9.17) is 9.47 Å². The van der Waals surface area contributed by atoms with Crippen molar-refractivity contribution >= 4 is 11.8 Å². The smallest absolute Gasteiger partial charge is 0.274 e. The average Bonchev–Trinajstić information content (AvgIpc) is 3.40. The average molecular weight is 488 g/mol. The molecule has 1 aromatic heterocycles. The molecular formula is C27H29N5O4. The lowest BCUT2D eigenvalue weighted by Crippen LogP contribution is -2.49. The van der Waals surface area contributed by atoms with Crippen LogP contribution in [0.3, 0.4) is 0 Å². The van der Waals surface area contributed by atoms with Crippen molar-refractivity contribution in [3.05, 3.63) is 83.9 Å². The Kier molecular flexibility index (Phi) is 7.37. The fourth-order valence-electron chi connectivity index (χ4n) is 4.47. The van der Waals surface area contributed by atoms with Crippen LogP contribution in [0.15, 0.2) is 67.1 Å². The molecule has 0 spiro atoms. The summed E-state index contributed by atoms with van der Waals surface area (Å²) in [5, 5.41) is 0. The summed E-state index contributed by atoms with van der Waals surface area (Å²) in [6.45, 7) is 4.73. The number of carbonyl (C=O) groups excluding carboxylic acids is 2. The minimum absolute atomic E-state index is 0.0581. The number of ether oxygens (including phenoxy) is 2.